The van der Waals surface area contributed by atoms with Crippen molar-refractivity contribution >= 4 is 16.0 Å². The smallest absolute Gasteiger partial charge is 0.238 e. The van der Waals surface area contributed by atoms with Crippen LogP contribution in [0, 0.1) is 13.8 Å². The van der Waals surface area contributed by atoms with Crippen LogP contribution in [0.15, 0.2) is 34.2 Å². The van der Waals surface area contributed by atoms with Gasteiger partial charge in [0.15, 0.2) is 5.96 Å². The predicted molar refractivity (Wildman–Crippen MR) is 97.5 cm³/mol. The van der Waals surface area contributed by atoms with E-state index in [1.54, 1.807) is 19.2 Å². The molecule has 0 atom stereocenters. The van der Waals surface area contributed by atoms with Crippen molar-refractivity contribution in [3.8, 4) is 0 Å². The number of hydrogen-bond donors (Lipinski definition) is 3. The predicted octanol–water partition coefficient (Wildman–Crippen LogP) is 0.550. The van der Waals surface area contributed by atoms with Gasteiger partial charge in [0.25, 0.3) is 0 Å². The average Bonchev–Trinajstić information content (AvgIpc) is 2.80. The number of nitrogens with one attached hydrogen (secondary N) is 2. The minimum Gasteiger partial charge on any atom is -0.352 e. The second-order valence-electron chi connectivity index (χ2n) is 5.74. The second-order valence-corrected chi connectivity index (χ2v) is 7.30. The Balaban J connectivity index is 1.94. The van der Waals surface area contributed by atoms with Gasteiger partial charge >= 0.3 is 0 Å². The first kappa shape index (κ1) is 18.9. The van der Waals surface area contributed by atoms with E-state index in [2.05, 4.69) is 20.7 Å². The summed E-state index contributed by atoms with van der Waals surface area (Å²) >= 11 is 0. The number of rotatable bonds is 5. The Hall–Kier alpha value is -2.39. The number of aromatic nitrogens is 2. The SMILES string of the molecule is CN=C(NCc1ccc(S(N)(=O)=O)cc1)NCc1c(C)nn(C)c1C. The monoisotopic (exact) mass is 364 g/mol. The highest BCUT2D eigenvalue weighted by molar-refractivity contribution is 7.89. The molecule has 1 heterocycles. The summed E-state index contributed by atoms with van der Waals surface area (Å²) in [6, 6.07) is 6.42. The van der Waals surface area contributed by atoms with Gasteiger partial charge in [-0.3, -0.25) is 9.67 Å². The zero-order valence-corrected chi connectivity index (χ0v) is 15.7. The summed E-state index contributed by atoms with van der Waals surface area (Å²) in [4.78, 5) is 4.29. The number of sulfonamides is 1. The molecule has 0 aliphatic rings. The van der Waals surface area contributed by atoms with Crippen LogP contribution in [0.4, 0.5) is 0 Å². The van der Waals surface area contributed by atoms with Crippen LogP contribution in [-0.2, 0) is 30.2 Å². The molecule has 2 rings (SSSR count). The maximum Gasteiger partial charge on any atom is 0.238 e. The molecule has 9 heteroatoms. The zero-order valence-electron chi connectivity index (χ0n) is 14.9. The van der Waals surface area contributed by atoms with Gasteiger partial charge < -0.3 is 10.6 Å². The molecule has 1 aromatic carbocycles. The van der Waals surface area contributed by atoms with Crippen LogP contribution in [0.5, 0.6) is 0 Å². The molecule has 0 spiro atoms. The molecule has 0 fully saturated rings. The standard InChI is InChI=1S/C16H24N6O2S/c1-11-15(12(2)22(4)21-11)10-20-16(18-3)19-9-13-5-7-14(8-6-13)25(17,23)24/h5-8H,9-10H2,1-4H3,(H2,17,23,24)(H2,18,19,20). The third-order valence-electron chi connectivity index (χ3n) is 4.03. The summed E-state index contributed by atoms with van der Waals surface area (Å²) in [5.41, 5.74) is 4.16. The minimum absolute atomic E-state index is 0.0984. The van der Waals surface area contributed by atoms with Crippen molar-refractivity contribution in [2.24, 2.45) is 17.2 Å². The summed E-state index contributed by atoms with van der Waals surface area (Å²) in [6.07, 6.45) is 0. The molecule has 0 saturated carbocycles. The molecule has 0 unspecified atom stereocenters. The molecular weight excluding hydrogens is 340 g/mol. The van der Waals surface area contributed by atoms with Gasteiger partial charge in [-0.1, -0.05) is 12.1 Å². The minimum atomic E-state index is -3.67. The summed E-state index contributed by atoms with van der Waals surface area (Å²) in [7, 11) is -0.0478. The first-order chi connectivity index (χ1) is 11.7. The molecule has 0 amide bonds. The molecule has 0 aliphatic heterocycles. The van der Waals surface area contributed by atoms with E-state index in [1.165, 1.54) is 12.1 Å². The Kier molecular flexibility index (Phi) is 5.81. The molecule has 4 N–H and O–H groups in total. The van der Waals surface area contributed by atoms with E-state index in [0.29, 0.717) is 19.0 Å². The van der Waals surface area contributed by atoms with E-state index in [-0.39, 0.29) is 4.90 Å². The molecule has 0 bridgehead atoms. The van der Waals surface area contributed by atoms with Crippen LogP contribution in [-0.4, -0.2) is 31.2 Å². The van der Waals surface area contributed by atoms with Crippen LogP contribution in [0.3, 0.4) is 0 Å². The fourth-order valence-corrected chi connectivity index (χ4v) is 2.96. The van der Waals surface area contributed by atoms with Crippen LogP contribution in [0.25, 0.3) is 0 Å². The summed E-state index contributed by atoms with van der Waals surface area (Å²) in [5, 5.41) is 15.9. The Morgan fingerprint density at radius 2 is 1.80 bits per heavy atom. The largest absolute Gasteiger partial charge is 0.352 e. The lowest BCUT2D eigenvalue weighted by molar-refractivity contribution is 0.597. The van der Waals surface area contributed by atoms with Gasteiger partial charge in [0.2, 0.25) is 10.0 Å². The molecule has 0 aliphatic carbocycles. The third-order valence-corrected chi connectivity index (χ3v) is 4.96. The quantitative estimate of drug-likeness (QED) is 0.529. The maximum atomic E-state index is 11.3. The van der Waals surface area contributed by atoms with Gasteiger partial charge in [-0.25, -0.2) is 13.6 Å². The van der Waals surface area contributed by atoms with Gasteiger partial charge in [-0.15, -0.1) is 0 Å². The lowest BCUT2D eigenvalue weighted by atomic mass is 10.2. The molecular formula is C16H24N6O2S. The Labute approximate surface area is 148 Å². The van der Waals surface area contributed by atoms with Gasteiger partial charge in [0.1, 0.15) is 0 Å². The number of aryl methyl sites for hydroxylation is 2. The molecule has 0 radical (unpaired) electrons. The fraction of sp³-hybridized carbons (Fsp3) is 0.375. The van der Waals surface area contributed by atoms with Crippen molar-refractivity contribution in [2.75, 3.05) is 7.05 Å². The number of primary sulfonamides is 1. The van der Waals surface area contributed by atoms with Crippen molar-refractivity contribution in [3.63, 3.8) is 0 Å². The average molecular weight is 364 g/mol. The number of guanidine groups is 1. The third kappa shape index (κ3) is 4.80. The van der Waals surface area contributed by atoms with E-state index in [1.807, 2.05) is 25.6 Å². The van der Waals surface area contributed by atoms with Gasteiger partial charge in [-0.2, -0.15) is 5.10 Å². The van der Waals surface area contributed by atoms with E-state index in [4.69, 9.17) is 5.14 Å². The molecule has 2 aromatic rings. The van der Waals surface area contributed by atoms with Gasteiger partial charge in [0.05, 0.1) is 10.6 Å². The van der Waals surface area contributed by atoms with Crippen LogP contribution in [0.2, 0.25) is 0 Å². The molecule has 136 valence electrons. The molecule has 25 heavy (non-hydrogen) atoms. The number of nitrogens with zero attached hydrogens (tertiary/aromatic N) is 3. The molecule has 0 saturated heterocycles. The van der Waals surface area contributed by atoms with Crippen molar-refractivity contribution in [1.82, 2.24) is 20.4 Å². The highest BCUT2D eigenvalue weighted by atomic mass is 32.2. The van der Waals surface area contributed by atoms with E-state index in [9.17, 15) is 8.42 Å². The number of benzene rings is 1. The maximum absolute atomic E-state index is 11.3. The first-order valence-electron chi connectivity index (χ1n) is 7.77. The first-order valence-corrected chi connectivity index (χ1v) is 9.32. The summed E-state index contributed by atoms with van der Waals surface area (Å²) in [6.45, 7) is 5.14. The second kappa shape index (κ2) is 7.66. The van der Waals surface area contributed by atoms with E-state index >= 15 is 0 Å². The van der Waals surface area contributed by atoms with Crippen molar-refractivity contribution in [3.05, 3.63) is 46.8 Å². The molecule has 1 aromatic heterocycles. The fourth-order valence-electron chi connectivity index (χ4n) is 2.45. The Morgan fingerprint density at radius 3 is 2.28 bits per heavy atom. The van der Waals surface area contributed by atoms with Crippen molar-refractivity contribution in [2.45, 2.75) is 31.8 Å². The molecule has 8 nitrogen and oxygen atoms in total. The van der Waals surface area contributed by atoms with E-state index in [0.717, 1.165) is 22.5 Å². The Morgan fingerprint density at radius 1 is 1.20 bits per heavy atom. The van der Waals surface area contributed by atoms with Gasteiger partial charge in [-0.05, 0) is 31.5 Å². The van der Waals surface area contributed by atoms with Gasteiger partial charge in [0, 0.05) is 38.4 Å². The lowest BCUT2D eigenvalue weighted by Crippen LogP contribution is -2.36. The summed E-state index contributed by atoms with van der Waals surface area (Å²) in [5.74, 6) is 0.651. The number of nitrogens with two attached hydrogens (primary N) is 1. The topological polar surface area (TPSA) is 114 Å². The van der Waals surface area contributed by atoms with Crippen molar-refractivity contribution < 1.29 is 8.42 Å². The normalized spacial score (nSPS) is 12.3. The summed E-state index contributed by atoms with van der Waals surface area (Å²) < 4.78 is 24.4. The van der Waals surface area contributed by atoms with Crippen LogP contribution < -0.4 is 15.8 Å². The van der Waals surface area contributed by atoms with Crippen LogP contribution >= 0.6 is 0 Å². The lowest BCUT2D eigenvalue weighted by Gasteiger charge is -2.12. The number of hydrogen-bond acceptors (Lipinski definition) is 4. The number of aliphatic imine (C=N–C) groups is 1. The van der Waals surface area contributed by atoms with Crippen molar-refractivity contribution in [1.29, 1.82) is 0 Å². The van der Waals surface area contributed by atoms with Crippen LogP contribution in [0.1, 0.15) is 22.5 Å². The highest BCUT2D eigenvalue weighted by Crippen LogP contribution is 2.11. The zero-order chi connectivity index (χ0) is 18.6. The van der Waals surface area contributed by atoms with E-state index < -0.39 is 10.0 Å². The Bertz CT molecular complexity index is 869. The highest BCUT2D eigenvalue weighted by Gasteiger charge is 2.10.